The zero-order chi connectivity index (χ0) is 44.1. The summed E-state index contributed by atoms with van der Waals surface area (Å²) in [6, 6.07) is 14.9. The summed E-state index contributed by atoms with van der Waals surface area (Å²) in [6.45, 7) is 5.62. The Labute approximate surface area is 374 Å². The molecule has 0 aromatic heterocycles. The van der Waals surface area contributed by atoms with Crippen LogP contribution >= 0.6 is 58.2 Å². The summed E-state index contributed by atoms with van der Waals surface area (Å²) in [5, 5.41) is 27.0. The highest BCUT2D eigenvalue weighted by Gasteiger charge is 2.31. The molecule has 4 aromatic carbocycles. The molecule has 0 atom stereocenters. The van der Waals surface area contributed by atoms with Gasteiger partial charge in [0.15, 0.2) is 0 Å². The Bertz CT molecular complexity index is 2350. The van der Waals surface area contributed by atoms with E-state index in [0.717, 1.165) is 11.8 Å². The van der Waals surface area contributed by atoms with Gasteiger partial charge in [0.2, 0.25) is 23.6 Å². The summed E-state index contributed by atoms with van der Waals surface area (Å²) in [4.78, 5) is 81.6. The lowest BCUT2D eigenvalue weighted by Gasteiger charge is -2.33. The maximum Gasteiger partial charge on any atom is 0.291 e. The number of nitro benzene ring substituents is 2. The molecule has 0 N–H and O–H groups in total. The molecule has 316 valence electrons. The van der Waals surface area contributed by atoms with E-state index in [-0.39, 0.29) is 86.9 Å². The van der Waals surface area contributed by atoms with Crippen LogP contribution in [-0.4, -0.2) is 105 Å². The number of benzene rings is 4. The number of piperazine rings is 2. The number of halogens is 4. The van der Waals surface area contributed by atoms with Crippen molar-refractivity contribution in [3.05, 3.63) is 124 Å². The monoisotopic (exact) mass is 924 g/mol. The van der Waals surface area contributed by atoms with Gasteiger partial charge in [-0.05, 0) is 59.7 Å². The topological polar surface area (TPSA) is 168 Å². The second kappa shape index (κ2) is 19.5. The molecular weight excluding hydrogens is 890 g/mol. The minimum atomic E-state index is -0.621. The Kier molecular flexibility index (Phi) is 14.4. The van der Waals surface area contributed by atoms with Crippen LogP contribution in [-0.2, 0) is 19.2 Å². The zero-order valence-corrected chi connectivity index (χ0v) is 36.4. The van der Waals surface area contributed by atoms with E-state index >= 15 is 0 Å². The Balaban J connectivity index is 1.45. The maximum absolute atomic E-state index is 13.3. The highest BCUT2D eigenvalue weighted by atomic mass is 35.5. The van der Waals surface area contributed by atoms with E-state index in [1.54, 1.807) is 31.7 Å². The van der Waals surface area contributed by atoms with Crippen LogP contribution in [0.5, 0.6) is 0 Å². The lowest BCUT2D eigenvalue weighted by Crippen LogP contribution is -2.49. The Hall–Kier alpha value is -5.45. The molecule has 2 heterocycles. The minimum absolute atomic E-state index is 0.00859. The summed E-state index contributed by atoms with van der Waals surface area (Å²) < 4.78 is 0. The largest absolute Gasteiger partial charge is 0.339 e. The SMILES string of the molecule is CC(=O)N1CCN(C(=O)/C=C/c2ccc(Sc3ccc(/C=C/C(=O)N4CCN(C(C)=O)CC4)c(-c4ccc(Cl)cc4Cl)c3[N+](=O)[O-])c([N+](=O)[O-])c2-c2ccc(Cl)cc2Cl)CC1. The van der Waals surface area contributed by atoms with E-state index in [9.17, 15) is 39.4 Å². The molecule has 4 aromatic rings. The number of carbonyl (C=O) groups is 4. The molecular formula is C42H36Cl4N6O8S. The molecule has 0 bridgehead atoms. The van der Waals surface area contributed by atoms with Crippen molar-refractivity contribution in [2.24, 2.45) is 0 Å². The first-order valence-corrected chi connectivity index (χ1v) is 21.0. The summed E-state index contributed by atoms with van der Waals surface area (Å²) in [5.41, 5.74) is 0.133. The van der Waals surface area contributed by atoms with Gasteiger partial charge in [-0.3, -0.25) is 39.4 Å². The van der Waals surface area contributed by atoms with Gasteiger partial charge >= 0.3 is 0 Å². The van der Waals surface area contributed by atoms with E-state index in [0.29, 0.717) is 52.4 Å². The predicted molar refractivity (Wildman–Crippen MR) is 237 cm³/mol. The van der Waals surface area contributed by atoms with Crippen molar-refractivity contribution in [1.29, 1.82) is 0 Å². The molecule has 2 fully saturated rings. The van der Waals surface area contributed by atoms with E-state index in [2.05, 4.69) is 0 Å². The Morgan fingerprint density at radius 3 is 1.21 bits per heavy atom. The van der Waals surface area contributed by atoms with Crippen molar-refractivity contribution in [3.8, 4) is 22.3 Å². The Morgan fingerprint density at radius 2 is 0.902 bits per heavy atom. The average molecular weight is 927 g/mol. The van der Waals surface area contributed by atoms with Crippen LogP contribution in [0.2, 0.25) is 20.1 Å². The van der Waals surface area contributed by atoms with E-state index in [1.807, 2.05) is 0 Å². The zero-order valence-electron chi connectivity index (χ0n) is 32.6. The summed E-state index contributed by atoms with van der Waals surface area (Å²) in [6.07, 6.45) is 5.46. The molecule has 2 aliphatic heterocycles. The molecule has 4 amide bonds. The first-order valence-electron chi connectivity index (χ1n) is 18.7. The molecule has 0 unspecified atom stereocenters. The number of carbonyl (C=O) groups excluding carboxylic acids is 4. The fourth-order valence-electron chi connectivity index (χ4n) is 7.07. The van der Waals surface area contributed by atoms with Crippen molar-refractivity contribution in [2.75, 3.05) is 52.4 Å². The number of nitrogens with zero attached hydrogens (tertiary/aromatic N) is 6. The van der Waals surface area contributed by atoms with Crippen LogP contribution in [0, 0.1) is 20.2 Å². The molecule has 2 saturated heterocycles. The lowest BCUT2D eigenvalue weighted by molar-refractivity contribution is -0.387. The van der Waals surface area contributed by atoms with Crippen molar-refractivity contribution in [2.45, 2.75) is 23.6 Å². The number of amides is 4. The van der Waals surface area contributed by atoms with Crippen LogP contribution in [0.3, 0.4) is 0 Å². The highest BCUT2D eigenvalue weighted by Crippen LogP contribution is 2.50. The summed E-state index contributed by atoms with van der Waals surface area (Å²) >= 11 is 26.5. The maximum atomic E-state index is 13.3. The van der Waals surface area contributed by atoms with Gasteiger partial charge in [-0.15, -0.1) is 0 Å². The van der Waals surface area contributed by atoms with Crippen LogP contribution in [0.25, 0.3) is 34.4 Å². The summed E-state index contributed by atoms with van der Waals surface area (Å²) in [5.74, 6) is -0.920. The van der Waals surface area contributed by atoms with Gasteiger partial charge in [0.05, 0.1) is 40.8 Å². The van der Waals surface area contributed by atoms with Gasteiger partial charge < -0.3 is 19.6 Å². The van der Waals surface area contributed by atoms with Crippen LogP contribution in [0.15, 0.2) is 82.6 Å². The fourth-order valence-corrected chi connectivity index (χ4v) is 9.13. The van der Waals surface area contributed by atoms with Crippen molar-refractivity contribution in [3.63, 3.8) is 0 Å². The van der Waals surface area contributed by atoms with E-state index in [1.165, 1.54) is 86.7 Å². The van der Waals surface area contributed by atoms with Gasteiger partial charge in [0.25, 0.3) is 11.4 Å². The second-order valence-electron chi connectivity index (χ2n) is 13.9. The first kappa shape index (κ1) is 45.1. The van der Waals surface area contributed by atoms with Gasteiger partial charge in [0.1, 0.15) is 0 Å². The average Bonchev–Trinajstić information content (AvgIpc) is 3.22. The normalized spacial score (nSPS) is 14.5. The number of rotatable bonds is 10. The number of hydrogen-bond acceptors (Lipinski definition) is 9. The first-order chi connectivity index (χ1) is 29.0. The van der Waals surface area contributed by atoms with Crippen molar-refractivity contribution >= 4 is 105 Å². The molecule has 6 rings (SSSR count). The summed E-state index contributed by atoms with van der Waals surface area (Å²) in [7, 11) is 0. The molecule has 19 heteroatoms. The van der Waals surface area contributed by atoms with Crippen molar-refractivity contribution < 1.29 is 29.0 Å². The Morgan fingerprint density at radius 1 is 0.557 bits per heavy atom. The lowest BCUT2D eigenvalue weighted by atomic mass is 9.97. The van der Waals surface area contributed by atoms with Gasteiger partial charge in [-0.2, -0.15) is 0 Å². The van der Waals surface area contributed by atoms with Gasteiger partial charge in [-0.25, -0.2) is 0 Å². The molecule has 0 radical (unpaired) electrons. The third kappa shape index (κ3) is 10.4. The van der Waals surface area contributed by atoms with E-state index < -0.39 is 21.2 Å². The second-order valence-corrected chi connectivity index (χ2v) is 16.7. The predicted octanol–water partition coefficient (Wildman–Crippen LogP) is 9.01. The van der Waals surface area contributed by atoms with Crippen LogP contribution < -0.4 is 0 Å². The fraction of sp³-hybridized carbons (Fsp3) is 0.238. The number of nitro groups is 2. The molecule has 2 aliphatic rings. The third-order valence-corrected chi connectivity index (χ3v) is 12.4. The molecule has 61 heavy (non-hydrogen) atoms. The third-order valence-electron chi connectivity index (χ3n) is 10.2. The smallest absolute Gasteiger partial charge is 0.291 e. The molecule has 0 saturated carbocycles. The molecule has 0 aliphatic carbocycles. The van der Waals surface area contributed by atoms with Crippen LogP contribution in [0.4, 0.5) is 11.4 Å². The van der Waals surface area contributed by atoms with Gasteiger partial charge in [-0.1, -0.05) is 82.4 Å². The minimum Gasteiger partial charge on any atom is -0.339 e. The molecule has 0 spiro atoms. The van der Waals surface area contributed by atoms with Crippen LogP contribution in [0.1, 0.15) is 25.0 Å². The number of hydrogen-bond donors (Lipinski definition) is 0. The molecule has 14 nitrogen and oxygen atoms in total. The van der Waals surface area contributed by atoms with Gasteiger partial charge in [0, 0.05) is 99.5 Å². The highest BCUT2D eigenvalue weighted by molar-refractivity contribution is 7.99. The van der Waals surface area contributed by atoms with E-state index in [4.69, 9.17) is 46.4 Å². The standard InChI is InChI=1S/C42H36Cl4N6O8S/c1-25(53)47-15-19-49(20-16-47)37(55)13-5-27-3-11-35(41(51(57)58)39(27)31-9-7-29(43)23-33(31)45)61-36-12-4-28(6-14-38(56)50-21-17-48(18-22-50)26(2)54)40(42(36)52(59)60)32-10-8-30(44)24-34(32)46/h3-14,23-24H,15-22H2,1-2H3/b13-5+,14-6+. The van der Waals surface area contributed by atoms with Crippen molar-refractivity contribution in [1.82, 2.24) is 19.6 Å². The quantitative estimate of drug-likeness (QED) is 0.0857.